The second kappa shape index (κ2) is 5.97. The van der Waals surface area contributed by atoms with Gasteiger partial charge < -0.3 is 14.8 Å². The van der Waals surface area contributed by atoms with E-state index in [1.807, 2.05) is 12.1 Å². The second-order valence-electron chi connectivity index (χ2n) is 5.02. The van der Waals surface area contributed by atoms with Crippen molar-refractivity contribution in [3.8, 4) is 11.5 Å². The highest BCUT2D eigenvalue weighted by molar-refractivity contribution is 5.44. The SMILES string of the molecule is C[C@H](NCCc1ccc2c(c1)OCO2)c1ccccc1. The van der Waals surface area contributed by atoms with Crippen LogP contribution in [0, 0.1) is 0 Å². The van der Waals surface area contributed by atoms with E-state index in [2.05, 4.69) is 48.6 Å². The lowest BCUT2D eigenvalue weighted by molar-refractivity contribution is 0.174. The zero-order chi connectivity index (χ0) is 13.8. The van der Waals surface area contributed by atoms with Crippen LogP contribution in [0.3, 0.4) is 0 Å². The standard InChI is InChI=1S/C17H19NO2/c1-13(15-5-3-2-4-6-15)18-10-9-14-7-8-16-17(11-14)20-12-19-16/h2-8,11,13,18H,9-10,12H2,1H3/t13-/m0/s1. The molecule has 0 saturated carbocycles. The molecule has 2 aromatic carbocycles. The molecule has 104 valence electrons. The third-order valence-electron chi connectivity index (χ3n) is 3.60. The summed E-state index contributed by atoms with van der Waals surface area (Å²) < 4.78 is 10.7. The molecular weight excluding hydrogens is 250 g/mol. The van der Waals surface area contributed by atoms with E-state index in [1.165, 1.54) is 11.1 Å². The van der Waals surface area contributed by atoms with Crippen LogP contribution in [0.2, 0.25) is 0 Å². The van der Waals surface area contributed by atoms with Crippen LogP contribution in [0.15, 0.2) is 48.5 Å². The quantitative estimate of drug-likeness (QED) is 0.903. The van der Waals surface area contributed by atoms with Crippen LogP contribution in [0.25, 0.3) is 0 Å². The Morgan fingerprint density at radius 2 is 1.85 bits per heavy atom. The van der Waals surface area contributed by atoms with Crippen LogP contribution < -0.4 is 14.8 Å². The minimum absolute atomic E-state index is 0.335. The number of benzene rings is 2. The summed E-state index contributed by atoms with van der Waals surface area (Å²) in [7, 11) is 0. The number of hydrogen-bond acceptors (Lipinski definition) is 3. The summed E-state index contributed by atoms with van der Waals surface area (Å²) in [6, 6.07) is 17.0. The van der Waals surface area contributed by atoms with E-state index in [1.54, 1.807) is 0 Å². The van der Waals surface area contributed by atoms with Gasteiger partial charge in [-0.05, 0) is 43.1 Å². The van der Waals surface area contributed by atoms with Gasteiger partial charge in [-0.2, -0.15) is 0 Å². The number of fused-ring (bicyclic) bond motifs is 1. The fraction of sp³-hybridized carbons (Fsp3) is 0.294. The van der Waals surface area contributed by atoms with Crippen LogP contribution in [0.1, 0.15) is 24.1 Å². The van der Waals surface area contributed by atoms with Crippen LogP contribution in [-0.4, -0.2) is 13.3 Å². The molecule has 0 radical (unpaired) electrons. The molecule has 0 aromatic heterocycles. The maximum Gasteiger partial charge on any atom is 0.231 e. The normalized spacial score (nSPS) is 14.2. The molecule has 20 heavy (non-hydrogen) atoms. The van der Waals surface area contributed by atoms with Gasteiger partial charge in [-0.15, -0.1) is 0 Å². The first-order chi connectivity index (χ1) is 9.83. The Labute approximate surface area is 119 Å². The molecule has 0 bridgehead atoms. The van der Waals surface area contributed by atoms with Gasteiger partial charge in [0, 0.05) is 6.04 Å². The summed E-state index contributed by atoms with van der Waals surface area (Å²) in [4.78, 5) is 0. The topological polar surface area (TPSA) is 30.5 Å². The van der Waals surface area contributed by atoms with Crippen molar-refractivity contribution >= 4 is 0 Å². The van der Waals surface area contributed by atoms with Gasteiger partial charge >= 0.3 is 0 Å². The van der Waals surface area contributed by atoms with Gasteiger partial charge in [0.2, 0.25) is 6.79 Å². The van der Waals surface area contributed by atoms with Gasteiger partial charge in [-0.1, -0.05) is 36.4 Å². The molecule has 1 N–H and O–H groups in total. The lowest BCUT2D eigenvalue weighted by Crippen LogP contribution is -2.21. The van der Waals surface area contributed by atoms with Crippen molar-refractivity contribution in [3.63, 3.8) is 0 Å². The van der Waals surface area contributed by atoms with Crippen molar-refractivity contribution in [3.05, 3.63) is 59.7 Å². The zero-order valence-corrected chi connectivity index (χ0v) is 11.6. The molecule has 0 unspecified atom stereocenters. The van der Waals surface area contributed by atoms with E-state index in [-0.39, 0.29) is 0 Å². The predicted molar refractivity (Wildman–Crippen MR) is 79.1 cm³/mol. The average molecular weight is 269 g/mol. The van der Waals surface area contributed by atoms with E-state index in [0.717, 1.165) is 24.5 Å². The summed E-state index contributed by atoms with van der Waals surface area (Å²) in [5.74, 6) is 1.71. The van der Waals surface area contributed by atoms with Crippen molar-refractivity contribution in [2.24, 2.45) is 0 Å². The van der Waals surface area contributed by atoms with Gasteiger partial charge in [-0.25, -0.2) is 0 Å². The molecule has 0 spiro atoms. The Bertz CT molecular complexity index is 568. The second-order valence-corrected chi connectivity index (χ2v) is 5.02. The molecule has 1 heterocycles. The van der Waals surface area contributed by atoms with Gasteiger partial charge in [0.15, 0.2) is 11.5 Å². The number of hydrogen-bond donors (Lipinski definition) is 1. The molecule has 2 aromatic rings. The first-order valence-electron chi connectivity index (χ1n) is 7.00. The molecule has 1 aliphatic rings. The Morgan fingerprint density at radius 1 is 1.05 bits per heavy atom. The van der Waals surface area contributed by atoms with Crippen molar-refractivity contribution in [2.45, 2.75) is 19.4 Å². The molecule has 0 fully saturated rings. The van der Waals surface area contributed by atoms with Gasteiger partial charge in [0.1, 0.15) is 0 Å². The summed E-state index contributed by atoms with van der Waals surface area (Å²) in [6.07, 6.45) is 0.980. The Kier molecular flexibility index (Phi) is 3.88. The molecule has 3 rings (SSSR count). The smallest absolute Gasteiger partial charge is 0.231 e. The molecule has 3 nitrogen and oxygen atoms in total. The Balaban J connectivity index is 1.53. The largest absolute Gasteiger partial charge is 0.454 e. The molecule has 1 atom stereocenters. The van der Waals surface area contributed by atoms with E-state index < -0.39 is 0 Å². The lowest BCUT2D eigenvalue weighted by Gasteiger charge is -2.14. The van der Waals surface area contributed by atoms with Crippen LogP contribution >= 0.6 is 0 Å². The van der Waals surface area contributed by atoms with Crippen LogP contribution in [-0.2, 0) is 6.42 Å². The monoisotopic (exact) mass is 269 g/mol. The van der Waals surface area contributed by atoms with Crippen molar-refractivity contribution in [1.29, 1.82) is 0 Å². The van der Waals surface area contributed by atoms with Crippen molar-refractivity contribution in [1.82, 2.24) is 5.32 Å². The third kappa shape index (κ3) is 2.94. The van der Waals surface area contributed by atoms with E-state index in [4.69, 9.17) is 9.47 Å². The highest BCUT2D eigenvalue weighted by atomic mass is 16.7. The lowest BCUT2D eigenvalue weighted by atomic mass is 10.1. The van der Waals surface area contributed by atoms with Crippen LogP contribution in [0.4, 0.5) is 0 Å². The summed E-state index contributed by atoms with van der Waals surface area (Å²) in [5, 5.41) is 3.54. The minimum atomic E-state index is 0.335. The third-order valence-corrected chi connectivity index (χ3v) is 3.60. The van der Waals surface area contributed by atoms with Crippen molar-refractivity contribution in [2.75, 3.05) is 13.3 Å². The van der Waals surface area contributed by atoms with E-state index in [0.29, 0.717) is 12.8 Å². The number of nitrogens with one attached hydrogen (secondary N) is 1. The molecule has 0 amide bonds. The Morgan fingerprint density at radius 3 is 2.70 bits per heavy atom. The summed E-state index contributed by atoms with van der Waals surface area (Å²) in [5.41, 5.74) is 2.58. The van der Waals surface area contributed by atoms with Gasteiger partial charge in [0.25, 0.3) is 0 Å². The fourth-order valence-electron chi connectivity index (χ4n) is 2.39. The summed E-state index contributed by atoms with van der Waals surface area (Å²) in [6.45, 7) is 3.47. The van der Waals surface area contributed by atoms with Gasteiger partial charge in [0.05, 0.1) is 0 Å². The fourth-order valence-corrected chi connectivity index (χ4v) is 2.39. The maximum atomic E-state index is 5.39. The first kappa shape index (κ1) is 13.0. The minimum Gasteiger partial charge on any atom is -0.454 e. The summed E-state index contributed by atoms with van der Waals surface area (Å²) >= 11 is 0. The number of ether oxygens (including phenoxy) is 2. The Hall–Kier alpha value is -2.00. The molecule has 1 aliphatic heterocycles. The molecule has 3 heteroatoms. The van der Waals surface area contributed by atoms with E-state index in [9.17, 15) is 0 Å². The average Bonchev–Trinajstić information content (AvgIpc) is 2.95. The van der Waals surface area contributed by atoms with Gasteiger partial charge in [-0.3, -0.25) is 0 Å². The zero-order valence-electron chi connectivity index (χ0n) is 11.6. The highest BCUT2D eigenvalue weighted by Gasteiger charge is 2.13. The van der Waals surface area contributed by atoms with Crippen molar-refractivity contribution < 1.29 is 9.47 Å². The van der Waals surface area contributed by atoms with E-state index >= 15 is 0 Å². The molecule has 0 saturated heterocycles. The molecular formula is C17H19NO2. The highest BCUT2D eigenvalue weighted by Crippen LogP contribution is 2.32. The van der Waals surface area contributed by atoms with Crippen LogP contribution in [0.5, 0.6) is 11.5 Å². The number of rotatable bonds is 5. The molecule has 0 aliphatic carbocycles. The maximum absolute atomic E-state index is 5.39. The predicted octanol–water partition coefficient (Wildman–Crippen LogP) is 3.31. The first-order valence-corrected chi connectivity index (χ1v) is 7.00.